The highest BCUT2D eigenvalue weighted by Gasteiger charge is 2.09. The molecule has 0 aliphatic heterocycles. The Bertz CT molecular complexity index is 873. The monoisotopic (exact) mass is 339 g/mol. The predicted octanol–water partition coefficient (Wildman–Crippen LogP) is 2.55. The van der Waals surface area contributed by atoms with Crippen LogP contribution in [0.15, 0.2) is 46.9 Å². The number of ether oxygens (including phenoxy) is 1. The minimum absolute atomic E-state index is 0.0989. The molecular formula is C19H21N3O3. The molecule has 0 radical (unpaired) electrons. The van der Waals surface area contributed by atoms with Gasteiger partial charge in [-0.15, -0.1) is 0 Å². The molecule has 2 N–H and O–H groups in total. The largest absolute Gasteiger partial charge is 0.496 e. The lowest BCUT2D eigenvalue weighted by Crippen LogP contribution is -2.33. The molecule has 25 heavy (non-hydrogen) atoms. The Morgan fingerprint density at radius 1 is 1.16 bits per heavy atom. The molecule has 0 unspecified atom stereocenters. The van der Waals surface area contributed by atoms with E-state index in [2.05, 4.69) is 15.6 Å². The fourth-order valence-electron chi connectivity index (χ4n) is 2.60. The lowest BCUT2D eigenvalue weighted by molar-refractivity contribution is -0.120. The van der Waals surface area contributed by atoms with E-state index < -0.39 is 0 Å². The number of rotatable bonds is 7. The number of nitrogens with zero attached hydrogens (tertiary/aromatic N) is 1. The van der Waals surface area contributed by atoms with Gasteiger partial charge in [0.25, 0.3) is 0 Å². The van der Waals surface area contributed by atoms with E-state index in [0.717, 1.165) is 28.0 Å². The molecule has 0 aliphatic rings. The summed E-state index contributed by atoms with van der Waals surface area (Å²) in [4.78, 5) is 16.4. The van der Waals surface area contributed by atoms with E-state index in [-0.39, 0.29) is 12.5 Å². The second-order valence-corrected chi connectivity index (χ2v) is 5.72. The van der Waals surface area contributed by atoms with Gasteiger partial charge in [-0.2, -0.15) is 0 Å². The van der Waals surface area contributed by atoms with Crippen molar-refractivity contribution in [2.24, 2.45) is 0 Å². The van der Waals surface area contributed by atoms with Crippen LogP contribution in [0.4, 0.5) is 0 Å². The summed E-state index contributed by atoms with van der Waals surface area (Å²) in [6.07, 6.45) is 0. The van der Waals surface area contributed by atoms with Gasteiger partial charge in [0, 0.05) is 12.1 Å². The number of aromatic nitrogens is 1. The number of aryl methyl sites for hydroxylation is 1. The van der Waals surface area contributed by atoms with Crippen molar-refractivity contribution in [1.29, 1.82) is 0 Å². The van der Waals surface area contributed by atoms with Crippen molar-refractivity contribution >= 4 is 17.0 Å². The average Bonchev–Trinajstić information content (AvgIpc) is 3.04. The molecule has 6 nitrogen and oxygen atoms in total. The van der Waals surface area contributed by atoms with Crippen LogP contribution in [0.3, 0.4) is 0 Å². The van der Waals surface area contributed by atoms with E-state index in [4.69, 9.17) is 9.15 Å². The molecule has 0 spiro atoms. The number of oxazole rings is 1. The summed E-state index contributed by atoms with van der Waals surface area (Å²) in [7, 11) is 1.62. The van der Waals surface area contributed by atoms with Gasteiger partial charge in [0.15, 0.2) is 5.58 Å². The number of hydrogen-bond donors (Lipinski definition) is 2. The Hall–Kier alpha value is -2.86. The highest BCUT2D eigenvalue weighted by Crippen LogP contribution is 2.18. The third-order valence-corrected chi connectivity index (χ3v) is 3.90. The Morgan fingerprint density at radius 2 is 2.00 bits per heavy atom. The maximum Gasteiger partial charge on any atom is 0.234 e. The molecule has 1 heterocycles. The molecule has 1 aromatic heterocycles. The molecule has 3 rings (SSSR count). The highest BCUT2D eigenvalue weighted by molar-refractivity contribution is 5.78. The lowest BCUT2D eigenvalue weighted by Gasteiger charge is -2.09. The van der Waals surface area contributed by atoms with Crippen molar-refractivity contribution in [3.8, 4) is 5.75 Å². The summed E-state index contributed by atoms with van der Waals surface area (Å²) in [6.45, 7) is 3.00. The molecule has 3 aromatic rings. The topological polar surface area (TPSA) is 76.4 Å². The van der Waals surface area contributed by atoms with E-state index in [9.17, 15) is 4.79 Å². The van der Waals surface area contributed by atoms with Gasteiger partial charge >= 0.3 is 0 Å². The normalized spacial score (nSPS) is 10.8. The fourth-order valence-corrected chi connectivity index (χ4v) is 2.60. The minimum atomic E-state index is -0.0989. The Labute approximate surface area is 146 Å². The van der Waals surface area contributed by atoms with E-state index >= 15 is 0 Å². The zero-order valence-corrected chi connectivity index (χ0v) is 14.3. The Kier molecular flexibility index (Phi) is 5.30. The summed E-state index contributed by atoms with van der Waals surface area (Å²) in [5.41, 5.74) is 3.63. The van der Waals surface area contributed by atoms with Gasteiger partial charge < -0.3 is 14.5 Å². The number of carbonyl (C=O) groups is 1. The number of fused-ring (bicyclic) bond motifs is 1. The number of hydrogen-bond acceptors (Lipinski definition) is 5. The van der Waals surface area contributed by atoms with Crippen molar-refractivity contribution in [3.63, 3.8) is 0 Å². The van der Waals surface area contributed by atoms with Crippen LogP contribution in [0.5, 0.6) is 5.75 Å². The zero-order chi connectivity index (χ0) is 17.6. The van der Waals surface area contributed by atoms with Gasteiger partial charge in [0.1, 0.15) is 11.3 Å². The Balaban J connectivity index is 1.48. The Morgan fingerprint density at radius 3 is 2.80 bits per heavy atom. The van der Waals surface area contributed by atoms with Crippen molar-refractivity contribution in [3.05, 3.63) is 59.5 Å². The fraction of sp³-hybridized carbons (Fsp3) is 0.263. The molecule has 1 amide bonds. The van der Waals surface area contributed by atoms with Crippen LogP contribution >= 0.6 is 0 Å². The molecule has 0 bridgehead atoms. The van der Waals surface area contributed by atoms with E-state index in [0.29, 0.717) is 19.0 Å². The second kappa shape index (κ2) is 7.81. The standard InChI is InChI=1S/C19H21N3O3/c1-13-6-5-9-16-19(13)22-18(25-16)12-20-11-17(23)21-10-14-7-3-4-8-15(14)24-2/h3-9,20H,10-12H2,1-2H3,(H,21,23). The third-order valence-electron chi connectivity index (χ3n) is 3.90. The molecular weight excluding hydrogens is 318 g/mol. The van der Waals surface area contributed by atoms with Gasteiger partial charge in [0.05, 0.1) is 20.2 Å². The summed E-state index contributed by atoms with van der Waals surface area (Å²) >= 11 is 0. The molecule has 2 aromatic carbocycles. The number of amides is 1. The molecule has 0 atom stereocenters. The zero-order valence-electron chi connectivity index (χ0n) is 14.3. The first-order valence-corrected chi connectivity index (χ1v) is 8.11. The van der Waals surface area contributed by atoms with Crippen LogP contribution in [-0.4, -0.2) is 24.5 Å². The van der Waals surface area contributed by atoms with Gasteiger partial charge in [-0.25, -0.2) is 4.98 Å². The quantitative estimate of drug-likeness (QED) is 0.692. The van der Waals surface area contributed by atoms with Gasteiger partial charge in [-0.3, -0.25) is 10.1 Å². The minimum Gasteiger partial charge on any atom is -0.496 e. The molecule has 0 saturated heterocycles. The number of carbonyl (C=O) groups excluding carboxylic acids is 1. The van der Waals surface area contributed by atoms with Crippen LogP contribution in [0.1, 0.15) is 17.0 Å². The lowest BCUT2D eigenvalue weighted by atomic mass is 10.2. The third kappa shape index (κ3) is 4.16. The summed E-state index contributed by atoms with van der Waals surface area (Å²) in [6, 6.07) is 13.4. The summed E-state index contributed by atoms with van der Waals surface area (Å²) < 4.78 is 10.9. The maximum absolute atomic E-state index is 12.0. The number of nitrogens with one attached hydrogen (secondary N) is 2. The first-order chi connectivity index (χ1) is 12.2. The smallest absolute Gasteiger partial charge is 0.234 e. The van der Waals surface area contributed by atoms with Crippen LogP contribution < -0.4 is 15.4 Å². The molecule has 130 valence electrons. The van der Waals surface area contributed by atoms with Gasteiger partial charge in [-0.1, -0.05) is 30.3 Å². The molecule has 6 heteroatoms. The molecule has 0 saturated carbocycles. The van der Waals surface area contributed by atoms with Crippen molar-refractivity contribution in [2.45, 2.75) is 20.0 Å². The number of benzene rings is 2. The SMILES string of the molecule is COc1ccccc1CNC(=O)CNCc1nc2c(C)cccc2o1. The van der Waals surface area contributed by atoms with Crippen LogP contribution in [0.25, 0.3) is 11.1 Å². The maximum atomic E-state index is 12.0. The van der Waals surface area contributed by atoms with Crippen molar-refractivity contribution in [1.82, 2.24) is 15.6 Å². The van der Waals surface area contributed by atoms with Crippen LogP contribution in [-0.2, 0) is 17.9 Å². The van der Waals surface area contributed by atoms with E-state index in [1.54, 1.807) is 7.11 Å². The van der Waals surface area contributed by atoms with Crippen LogP contribution in [0, 0.1) is 6.92 Å². The number of methoxy groups -OCH3 is 1. The van der Waals surface area contributed by atoms with Gasteiger partial charge in [0.2, 0.25) is 11.8 Å². The summed E-state index contributed by atoms with van der Waals surface area (Å²) in [5.74, 6) is 1.23. The van der Waals surface area contributed by atoms with E-state index in [1.807, 2.05) is 49.4 Å². The average molecular weight is 339 g/mol. The molecule has 0 aliphatic carbocycles. The van der Waals surface area contributed by atoms with Crippen molar-refractivity contribution in [2.75, 3.05) is 13.7 Å². The van der Waals surface area contributed by atoms with E-state index in [1.165, 1.54) is 0 Å². The second-order valence-electron chi connectivity index (χ2n) is 5.72. The number of para-hydroxylation sites is 2. The first-order valence-electron chi connectivity index (χ1n) is 8.11. The van der Waals surface area contributed by atoms with Crippen LogP contribution in [0.2, 0.25) is 0 Å². The highest BCUT2D eigenvalue weighted by atomic mass is 16.5. The molecule has 0 fully saturated rings. The predicted molar refractivity (Wildman–Crippen MR) is 95.3 cm³/mol. The van der Waals surface area contributed by atoms with Gasteiger partial charge in [-0.05, 0) is 24.6 Å². The van der Waals surface area contributed by atoms with Crippen molar-refractivity contribution < 1.29 is 13.9 Å². The first kappa shape index (κ1) is 17.0. The summed E-state index contributed by atoms with van der Waals surface area (Å²) in [5, 5.41) is 5.91.